The van der Waals surface area contributed by atoms with Gasteiger partial charge in [0.25, 0.3) is 0 Å². The van der Waals surface area contributed by atoms with Crippen molar-refractivity contribution in [3.8, 4) is 0 Å². The summed E-state index contributed by atoms with van der Waals surface area (Å²) >= 11 is 5.27. The maximum atomic E-state index is 9.16. The number of hydrogen-bond acceptors (Lipinski definition) is 5. The molecule has 0 spiro atoms. The highest BCUT2D eigenvalue weighted by molar-refractivity contribution is 7.71. The summed E-state index contributed by atoms with van der Waals surface area (Å²) in [5.41, 5.74) is 3.29. The minimum atomic E-state index is 0.152. The molecule has 128 valence electrons. The van der Waals surface area contributed by atoms with Gasteiger partial charge in [0.15, 0.2) is 5.82 Å². The van der Waals surface area contributed by atoms with E-state index in [-0.39, 0.29) is 6.61 Å². The number of aromatic amines is 1. The predicted octanol–water partition coefficient (Wildman–Crippen LogP) is 2.83. The van der Waals surface area contributed by atoms with Gasteiger partial charge in [0.1, 0.15) is 0 Å². The molecule has 1 aromatic heterocycles. The lowest BCUT2D eigenvalue weighted by atomic mass is 10.1. The monoisotopic (exact) mass is 345 g/mol. The van der Waals surface area contributed by atoms with E-state index in [2.05, 4.69) is 52.2 Å². The Morgan fingerprint density at radius 3 is 2.92 bits per heavy atom. The molecule has 1 fully saturated rings. The molecule has 24 heavy (non-hydrogen) atoms. The van der Waals surface area contributed by atoms with Crippen LogP contribution in [0, 0.1) is 11.7 Å². The topological polar surface area (TPSA) is 69.4 Å². The van der Waals surface area contributed by atoms with E-state index in [0.29, 0.717) is 17.2 Å². The Labute approximate surface area is 146 Å². The van der Waals surface area contributed by atoms with E-state index in [1.165, 1.54) is 0 Å². The van der Waals surface area contributed by atoms with E-state index in [1.807, 2.05) is 6.21 Å². The van der Waals surface area contributed by atoms with Crippen molar-refractivity contribution in [2.45, 2.75) is 32.6 Å². The van der Waals surface area contributed by atoms with Crippen LogP contribution < -0.4 is 4.90 Å². The zero-order chi connectivity index (χ0) is 17.1. The lowest BCUT2D eigenvalue weighted by molar-refractivity contribution is 0.302. The molecule has 0 unspecified atom stereocenters. The van der Waals surface area contributed by atoms with Crippen LogP contribution in [-0.4, -0.2) is 45.9 Å². The first-order valence-corrected chi connectivity index (χ1v) is 8.73. The van der Waals surface area contributed by atoms with Crippen LogP contribution >= 0.6 is 12.2 Å². The number of H-pyrrole nitrogens is 1. The van der Waals surface area contributed by atoms with Gasteiger partial charge in [0.2, 0.25) is 4.77 Å². The van der Waals surface area contributed by atoms with Crippen molar-refractivity contribution in [2.24, 2.45) is 5.10 Å². The van der Waals surface area contributed by atoms with Gasteiger partial charge in [-0.2, -0.15) is 14.9 Å². The van der Waals surface area contributed by atoms with Crippen molar-refractivity contribution in [3.05, 3.63) is 39.9 Å². The maximum Gasteiger partial charge on any atom is 0.216 e. The van der Waals surface area contributed by atoms with Gasteiger partial charge in [-0.1, -0.05) is 6.07 Å². The molecule has 1 aromatic carbocycles. The van der Waals surface area contributed by atoms with Crippen LogP contribution in [0.15, 0.2) is 23.3 Å². The third-order valence-electron chi connectivity index (χ3n) is 4.30. The van der Waals surface area contributed by atoms with Gasteiger partial charge in [0, 0.05) is 24.7 Å². The largest absolute Gasteiger partial charge is 0.395 e. The normalized spacial score (nSPS) is 14.5. The Balaban J connectivity index is 1.83. The number of aromatic nitrogens is 3. The molecule has 0 bridgehead atoms. The summed E-state index contributed by atoms with van der Waals surface area (Å²) in [6, 6.07) is 6.23. The zero-order valence-electron chi connectivity index (χ0n) is 14.1. The summed E-state index contributed by atoms with van der Waals surface area (Å²) in [6.45, 7) is 5.80. The van der Waals surface area contributed by atoms with Crippen molar-refractivity contribution >= 4 is 24.1 Å². The van der Waals surface area contributed by atoms with Crippen LogP contribution in [0.2, 0.25) is 0 Å². The van der Waals surface area contributed by atoms with Crippen LogP contribution in [-0.2, 0) is 0 Å². The highest BCUT2D eigenvalue weighted by atomic mass is 32.1. The van der Waals surface area contributed by atoms with E-state index in [0.717, 1.165) is 42.0 Å². The van der Waals surface area contributed by atoms with Crippen LogP contribution in [0.5, 0.6) is 0 Å². The molecule has 3 rings (SSSR count). The Kier molecular flexibility index (Phi) is 5.11. The van der Waals surface area contributed by atoms with Crippen LogP contribution in [0.25, 0.3) is 0 Å². The van der Waals surface area contributed by atoms with Gasteiger partial charge in [-0.15, -0.1) is 0 Å². The molecule has 7 heteroatoms. The molecule has 0 amide bonds. The fourth-order valence-corrected chi connectivity index (χ4v) is 2.92. The molecule has 0 aliphatic heterocycles. The second-order valence-corrected chi connectivity index (χ2v) is 6.45. The molecule has 6 nitrogen and oxygen atoms in total. The number of aryl methyl sites for hydroxylation is 1. The minimum Gasteiger partial charge on any atom is -0.395 e. The van der Waals surface area contributed by atoms with Gasteiger partial charge in [-0.25, -0.2) is 0 Å². The highest BCUT2D eigenvalue weighted by Gasteiger charge is 2.29. The van der Waals surface area contributed by atoms with Crippen LogP contribution in [0.1, 0.15) is 42.6 Å². The number of aliphatic hydroxyl groups is 1. The number of likely N-dealkylation sites (N-methyl/N-ethyl adjacent to an activating group) is 1. The second-order valence-electron chi connectivity index (χ2n) is 6.06. The number of benzene rings is 1. The van der Waals surface area contributed by atoms with Crippen molar-refractivity contribution in [1.82, 2.24) is 14.9 Å². The highest BCUT2D eigenvalue weighted by Crippen LogP contribution is 2.38. The molecule has 0 atom stereocenters. The Bertz CT molecular complexity index is 791. The molecule has 2 N–H and O–H groups in total. The number of anilines is 1. The van der Waals surface area contributed by atoms with Crippen molar-refractivity contribution in [3.63, 3.8) is 0 Å². The average molecular weight is 345 g/mol. The summed E-state index contributed by atoms with van der Waals surface area (Å²) < 4.78 is 2.26. The second kappa shape index (κ2) is 7.27. The third kappa shape index (κ3) is 3.57. The van der Waals surface area contributed by atoms with Crippen molar-refractivity contribution < 1.29 is 5.11 Å². The number of hydrogen-bond donors (Lipinski definition) is 2. The van der Waals surface area contributed by atoms with Crippen molar-refractivity contribution in [2.75, 3.05) is 24.6 Å². The first-order chi connectivity index (χ1) is 11.6. The quantitative estimate of drug-likeness (QED) is 0.598. The Hall–Kier alpha value is -1.99. The Morgan fingerprint density at radius 2 is 2.29 bits per heavy atom. The first-order valence-electron chi connectivity index (χ1n) is 8.32. The molecule has 1 heterocycles. The van der Waals surface area contributed by atoms with Gasteiger partial charge in [-0.3, -0.25) is 5.10 Å². The molecule has 1 saturated carbocycles. The number of nitrogens with one attached hydrogen (secondary N) is 1. The fraction of sp³-hybridized carbons (Fsp3) is 0.471. The average Bonchev–Trinajstić information content (AvgIpc) is 3.35. The van der Waals surface area contributed by atoms with Crippen LogP contribution in [0.4, 0.5) is 5.69 Å². The van der Waals surface area contributed by atoms with Gasteiger partial charge in [0.05, 0.1) is 12.8 Å². The molecule has 0 saturated heterocycles. The SMILES string of the molecule is CCN(CCO)c1ccc(/C=N\n2c(C3CC3)n[nH]c2=S)c(C)c1. The van der Waals surface area contributed by atoms with Gasteiger partial charge >= 0.3 is 0 Å². The van der Waals surface area contributed by atoms with E-state index in [1.54, 1.807) is 4.68 Å². The lowest BCUT2D eigenvalue weighted by Gasteiger charge is -2.22. The van der Waals surface area contributed by atoms with E-state index >= 15 is 0 Å². The van der Waals surface area contributed by atoms with E-state index in [9.17, 15) is 0 Å². The molecular weight excluding hydrogens is 322 g/mol. The predicted molar refractivity (Wildman–Crippen MR) is 98.5 cm³/mol. The summed E-state index contributed by atoms with van der Waals surface area (Å²) in [6.07, 6.45) is 4.14. The van der Waals surface area contributed by atoms with E-state index < -0.39 is 0 Å². The smallest absolute Gasteiger partial charge is 0.216 e. The van der Waals surface area contributed by atoms with E-state index in [4.69, 9.17) is 17.3 Å². The molecule has 0 radical (unpaired) electrons. The number of rotatable bonds is 7. The summed E-state index contributed by atoms with van der Waals surface area (Å²) in [5.74, 6) is 1.40. The summed E-state index contributed by atoms with van der Waals surface area (Å²) in [7, 11) is 0. The first kappa shape index (κ1) is 16.9. The lowest BCUT2D eigenvalue weighted by Crippen LogP contribution is -2.26. The zero-order valence-corrected chi connectivity index (χ0v) is 14.9. The van der Waals surface area contributed by atoms with Crippen molar-refractivity contribution in [1.29, 1.82) is 0 Å². The molecule has 1 aliphatic rings. The molecule has 1 aliphatic carbocycles. The van der Waals surface area contributed by atoms with Gasteiger partial charge in [-0.05, 0) is 62.2 Å². The number of nitrogens with zero attached hydrogens (tertiary/aromatic N) is 4. The third-order valence-corrected chi connectivity index (χ3v) is 4.56. The van der Waals surface area contributed by atoms with Crippen LogP contribution in [0.3, 0.4) is 0 Å². The van der Waals surface area contributed by atoms with Gasteiger partial charge < -0.3 is 10.0 Å². The maximum absolute atomic E-state index is 9.16. The Morgan fingerprint density at radius 1 is 1.50 bits per heavy atom. The minimum absolute atomic E-state index is 0.152. The standard InChI is InChI=1S/C17H23N5OS/c1-3-21(8-9-23)15-7-6-14(12(2)10-15)11-18-22-16(13-4-5-13)19-20-17(22)24/h6-7,10-11,13,23H,3-5,8-9H2,1-2H3,(H,20,24)/b18-11-. The fourth-order valence-electron chi connectivity index (χ4n) is 2.73. The summed E-state index contributed by atoms with van der Waals surface area (Å²) in [4.78, 5) is 2.14. The summed E-state index contributed by atoms with van der Waals surface area (Å²) in [5, 5.41) is 20.8. The molecular formula is C17H23N5OS. The molecule has 2 aromatic rings. The number of aliphatic hydroxyl groups excluding tert-OH is 1.